The van der Waals surface area contributed by atoms with Gasteiger partial charge in [0.1, 0.15) is 0 Å². The summed E-state index contributed by atoms with van der Waals surface area (Å²) in [7, 11) is 1.96. The molecule has 1 fully saturated rings. The SMILES string of the molecule is CNC(Cc1ncccc1C)C1COCCO1. The highest BCUT2D eigenvalue weighted by atomic mass is 16.6. The van der Waals surface area contributed by atoms with Gasteiger partial charge in [-0.3, -0.25) is 4.98 Å². The van der Waals surface area contributed by atoms with Gasteiger partial charge in [0.05, 0.1) is 25.9 Å². The summed E-state index contributed by atoms with van der Waals surface area (Å²) in [6, 6.07) is 4.31. The van der Waals surface area contributed by atoms with E-state index in [4.69, 9.17) is 9.47 Å². The Labute approximate surface area is 102 Å². The summed E-state index contributed by atoms with van der Waals surface area (Å²) in [5.41, 5.74) is 2.35. The van der Waals surface area contributed by atoms with Crippen molar-refractivity contribution >= 4 is 0 Å². The summed E-state index contributed by atoms with van der Waals surface area (Å²) in [6.07, 6.45) is 2.83. The Balaban J connectivity index is 2.01. The molecule has 1 aliphatic rings. The lowest BCUT2D eigenvalue weighted by atomic mass is 10.0. The average molecular weight is 236 g/mol. The van der Waals surface area contributed by atoms with E-state index < -0.39 is 0 Å². The molecule has 1 aromatic heterocycles. The van der Waals surface area contributed by atoms with E-state index in [-0.39, 0.29) is 12.1 Å². The van der Waals surface area contributed by atoms with Crippen LogP contribution in [0.4, 0.5) is 0 Å². The normalized spacial score (nSPS) is 22.4. The van der Waals surface area contributed by atoms with Crippen molar-refractivity contribution in [3.05, 3.63) is 29.6 Å². The number of aromatic nitrogens is 1. The molecule has 2 atom stereocenters. The van der Waals surface area contributed by atoms with Crippen LogP contribution in [-0.4, -0.2) is 44.0 Å². The Morgan fingerprint density at radius 1 is 1.53 bits per heavy atom. The lowest BCUT2D eigenvalue weighted by Crippen LogP contribution is -2.46. The molecule has 0 radical (unpaired) electrons. The molecule has 2 unspecified atom stereocenters. The summed E-state index contributed by atoms with van der Waals surface area (Å²) in [5.74, 6) is 0. The molecule has 1 saturated heterocycles. The van der Waals surface area contributed by atoms with Gasteiger partial charge in [-0.2, -0.15) is 0 Å². The highest BCUT2D eigenvalue weighted by molar-refractivity contribution is 5.18. The molecule has 0 amide bonds. The molecule has 2 rings (SSSR count). The Morgan fingerprint density at radius 2 is 2.41 bits per heavy atom. The van der Waals surface area contributed by atoms with E-state index in [2.05, 4.69) is 23.3 Å². The molecule has 0 saturated carbocycles. The highest BCUT2D eigenvalue weighted by Gasteiger charge is 2.24. The fourth-order valence-electron chi connectivity index (χ4n) is 2.10. The zero-order valence-corrected chi connectivity index (χ0v) is 10.5. The van der Waals surface area contributed by atoms with Crippen LogP contribution in [0.1, 0.15) is 11.3 Å². The molecule has 0 bridgehead atoms. The third kappa shape index (κ3) is 3.25. The van der Waals surface area contributed by atoms with Gasteiger partial charge in [0.25, 0.3) is 0 Å². The molecule has 94 valence electrons. The molecule has 1 aromatic rings. The molecule has 1 aliphatic heterocycles. The molecule has 0 aromatic carbocycles. The molecule has 4 nitrogen and oxygen atoms in total. The number of nitrogens with zero attached hydrogens (tertiary/aromatic N) is 1. The van der Waals surface area contributed by atoms with Gasteiger partial charge in [-0.05, 0) is 25.6 Å². The monoisotopic (exact) mass is 236 g/mol. The second-order valence-electron chi connectivity index (χ2n) is 4.35. The minimum atomic E-state index is 0.121. The smallest absolute Gasteiger partial charge is 0.0965 e. The van der Waals surface area contributed by atoms with Gasteiger partial charge in [-0.25, -0.2) is 0 Å². The Bertz CT molecular complexity index is 351. The van der Waals surface area contributed by atoms with Gasteiger partial charge in [0.2, 0.25) is 0 Å². The molecule has 0 spiro atoms. The third-order valence-electron chi connectivity index (χ3n) is 3.19. The van der Waals surface area contributed by atoms with Gasteiger partial charge >= 0.3 is 0 Å². The number of hydrogen-bond donors (Lipinski definition) is 1. The van der Waals surface area contributed by atoms with Crippen LogP contribution in [0, 0.1) is 6.92 Å². The van der Waals surface area contributed by atoms with Gasteiger partial charge < -0.3 is 14.8 Å². The maximum absolute atomic E-state index is 5.73. The second kappa shape index (κ2) is 6.10. The van der Waals surface area contributed by atoms with E-state index in [0.717, 1.165) is 12.1 Å². The van der Waals surface area contributed by atoms with E-state index in [1.807, 2.05) is 19.3 Å². The van der Waals surface area contributed by atoms with Crippen molar-refractivity contribution in [1.29, 1.82) is 0 Å². The minimum Gasteiger partial charge on any atom is -0.376 e. The van der Waals surface area contributed by atoms with Crippen LogP contribution in [0.2, 0.25) is 0 Å². The third-order valence-corrected chi connectivity index (χ3v) is 3.19. The number of hydrogen-bond acceptors (Lipinski definition) is 4. The van der Waals surface area contributed by atoms with Gasteiger partial charge in [0, 0.05) is 24.4 Å². The van der Waals surface area contributed by atoms with Gasteiger partial charge in [-0.1, -0.05) is 6.07 Å². The summed E-state index contributed by atoms with van der Waals surface area (Å²) < 4.78 is 11.2. The highest BCUT2D eigenvalue weighted by Crippen LogP contribution is 2.12. The fourth-order valence-corrected chi connectivity index (χ4v) is 2.10. The van der Waals surface area contributed by atoms with Crippen molar-refractivity contribution in [2.45, 2.75) is 25.5 Å². The maximum Gasteiger partial charge on any atom is 0.0965 e. The van der Waals surface area contributed by atoms with E-state index >= 15 is 0 Å². The summed E-state index contributed by atoms with van der Waals surface area (Å²) in [5, 5.41) is 3.30. The zero-order valence-electron chi connectivity index (χ0n) is 10.5. The number of ether oxygens (including phenoxy) is 2. The van der Waals surface area contributed by atoms with Crippen molar-refractivity contribution in [3.8, 4) is 0 Å². The van der Waals surface area contributed by atoms with Crippen LogP contribution in [0.3, 0.4) is 0 Å². The zero-order chi connectivity index (χ0) is 12.1. The van der Waals surface area contributed by atoms with Crippen LogP contribution in [0.5, 0.6) is 0 Å². The summed E-state index contributed by atoms with van der Waals surface area (Å²) in [6.45, 7) is 4.14. The Hall–Kier alpha value is -0.970. The maximum atomic E-state index is 5.73. The lowest BCUT2D eigenvalue weighted by molar-refractivity contribution is -0.100. The topological polar surface area (TPSA) is 43.4 Å². The van der Waals surface area contributed by atoms with Crippen molar-refractivity contribution in [2.24, 2.45) is 0 Å². The van der Waals surface area contributed by atoms with Crippen LogP contribution in [0.25, 0.3) is 0 Å². The summed E-state index contributed by atoms with van der Waals surface area (Å²) in [4.78, 5) is 4.42. The second-order valence-corrected chi connectivity index (χ2v) is 4.35. The lowest BCUT2D eigenvalue weighted by Gasteiger charge is -2.30. The molecular formula is C13H20N2O2. The van der Waals surface area contributed by atoms with Crippen molar-refractivity contribution in [1.82, 2.24) is 10.3 Å². The van der Waals surface area contributed by atoms with Crippen LogP contribution in [0.15, 0.2) is 18.3 Å². The number of rotatable bonds is 4. The predicted molar refractivity (Wildman–Crippen MR) is 66.1 cm³/mol. The van der Waals surface area contributed by atoms with Crippen molar-refractivity contribution < 1.29 is 9.47 Å². The van der Waals surface area contributed by atoms with E-state index in [0.29, 0.717) is 19.8 Å². The minimum absolute atomic E-state index is 0.121. The first-order valence-corrected chi connectivity index (χ1v) is 6.08. The van der Waals surface area contributed by atoms with E-state index in [1.165, 1.54) is 5.56 Å². The van der Waals surface area contributed by atoms with E-state index in [9.17, 15) is 0 Å². The first-order chi connectivity index (χ1) is 8.31. The van der Waals surface area contributed by atoms with Gasteiger partial charge in [-0.15, -0.1) is 0 Å². The molecular weight excluding hydrogens is 216 g/mol. The molecule has 1 N–H and O–H groups in total. The van der Waals surface area contributed by atoms with Crippen LogP contribution < -0.4 is 5.32 Å². The van der Waals surface area contributed by atoms with Crippen molar-refractivity contribution in [2.75, 3.05) is 26.9 Å². The number of pyridine rings is 1. The summed E-state index contributed by atoms with van der Waals surface area (Å²) >= 11 is 0. The molecule has 2 heterocycles. The average Bonchev–Trinajstić information content (AvgIpc) is 2.39. The first-order valence-electron chi connectivity index (χ1n) is 6.08. The molecule has 17 heavy (non-hydrogen) atoms. The Kier molecular flexibility index (Phi) is 4.48. The largest absolute Gasteiger partial charge is 0.376 e. The quantitative estimate of drug-likeness (QED) is 0.845. The number of nitrogens with one attached hydrogen (secondary N) is 1. The van der Waals surface area contributed by atoms with Crippen LogP contribution in [-0.2, 0) is 15.9 Å². The van der Waals surface area contributed by atoms with E-state index in [1.54, 1.807) is 0 Å². The van der Waals surface area contributed by atoms with Crippen LogP contribution >= 0.6 is 0 Å². The fraction of sp³-hybridized carbons (Fsp3) is 0.615. The molecule has 0 aliphatic carbocycles. The number of aryl methyl sites for hydroxylation is 1. The first kappa shape index (κ1) is 12.5. The van der Waals surface area contributed by atoms with Crippen molar-refractivity contribution in [3.63, 3.8) is 0 Å². The van der Waals surface area contributed by atoms with Gasteiger partial charge in [0.15, 0.2) is 0 Å². The predicted octanol–water partition coefficient (Wildman–Crippen LogP) is 0.936. The standard InChI is InChI=1S/C13H20N2O2/c1-10-4-3-5-15-11(10)8-12(14-2)13-9-16-6-7-17-13/h3-5,12-14H,6-9H2,1-2H3. The number of likely N-dealkylation sites (N-methyl/N-ethyl adjacent to an activating group) is 1. The Morgan fingerprint density at radius 3 is 3.06 bits per heavy atom. The molecule has 4 heteroatoms.